The zero-order chi connectivity index (χ0) is 26.9. The van der Waals surface area contributed by atoms with Crippen LogP contribution in [0.1, 0.15) is 47.6 Å². The average molecular weight is 519 g/mol. The predicted molar refractivity (Wildman–Crippen MR) is 139 cm³/mol. The maximum Gasteiger partial charge on any atom is 0.303 e. The Kier molecular flexibility index (Phi) is 8.98. The number of nitrogens with zero attached hydrogens (tertiary/aromatic N) is 2. The molecule has 196 valence electrons. The van der Waals surface area contributed by atoms with E-state index in [4.69, 9.17) is 9.84 Å². The number of carbonyl (C=O) groups is 1. The third-order valence-corrected chi connectivity index (χ3v) is 6.13. The smallest absolute Gasteiger partial charge is 0.303 e. The minimum Gasteiger partial charge on any atom is -0.494 e. The van der Waals surface area contributed by atoms with Gasteiger partial charge in [0, 0.05) is 19.0 Å². The molecule has 6 nitrogen and oxygen atoms in total. The van der Waals surface area contributed by atoms with Crippen LogP contribution in [0.3, 0.4) is 0 Å². The third kappa shape index (κ3) is 7.35. The van der Waals surface area contributed by atoms with Crippen molar-refractivity contribution in [2.24, 2.45) is 0 Å². The Morgan fingerprint density at radius 3 is 2.18 bits per heavy atom. The van der Waals surface area contributed by atoms with Crippen molar-refractivity contribution in [1.82, 2.24) is 9.78 Å². The molecule has 0 saturated heterocycles. The van der Waals surface area contributed by atoms with Crippen molar-refractivity contribution < 1.29 is 23.4 Å². The molecule has 0 amide bonds. The van der Waals surface area contributed by atoms with Crippen molar-refractivity contribution in [3.05, 3.63) is 129 Å². The van der Waals surface area contributed by atoms with Crippen LogP contribution in [0.2, 0.25) is 0 Å². The summed E-state index contributed by atoms with van der Waals surface area (Å²) < 4.78 is 34.3. The van der Waals surface area contributed by atoms with Crippen LogP contribution in [0.15, 0.2) is 89.7 Å². The maximum atomic E-state index is 13.6. The molecule has 0 spiro atoms. The Morgan fingerprint density at radius 2 is 1.55 bits per heavy atom. The van der Waals surface area contributed by atoms with E-state index in [9.17, 15) is 18.4 Å². The van der Waals surface area contributed by atoms with Gasteiger partial charge in [0.15, 0.2) is 0 Å². The van der Waals surface area contributed by atoms with Gasteiger partial charge < -0.3 is 9.84 Å². The van der Waals surface area contributed by atoms with E-state index in [-0.39, 0.29) is 23.6 Å². The summed E-state index contributed by atoms with van der Waals surface area (Å²) >= 11 is 0. The maximum absolute atomic E-state index is 13.6. The summed E-state index contributed by atoms with van der Waals surface area (Å²) in [5.74, 6) is -1.31. The SMILES string of the molecule is O=C(O)CCCOc1cccc(CCCn2nc(C(c3ccc(F)cc3)c3ccc(F)cc3)ccc2=O)c1. The van der Waals surface area contributed by atoms with Crippen LogP contribution in [-0.4, -0.2) is 27.5 Å². The van der Waals surface area contributed by atoms with Crippen LogP contribution in [0.5, 0.6) is 5.75 Å². The quantitative estimate of drug-likeness (QED) is 0.248. The molecule has 1 aromatic heterocycles. The summed E-state index contributed by atoms with van der Waals surface area (Å²) in [4.78, 5) is 23.2. The highest BCUT2D eigenvalue weighted by Gasteiger charge is 2.20. The van der Waals surface area contributed by atoms with Gasteiger partial charge in [-0.3, -0.25) is 9.59 Å². The van der Waals surface area contributed by atoms with Gasteiger partial charge in [-0.2, -0.15) is 5.10 Å². The number of rotatable bonds is 12. The molecule has 0 saturated carbocycles. The fourth-order valence-corrected chi connectivity index (χ4v) is 4.26. The van der Waals surface area contributed by atoms with E-state index in [0.29, 0.717) is 43.9 Å². The lowest BCUT2D eigenvalue weighted by atomic mass is 9.88. The molecule has 1 heterocycles. The lowest BCUT2D eigenvalue weighted by Crippen LogP contribution is -2.24. The number of aryl methyl sites for hydroxylation is 2. The van der Waals surface area contributed by atoms with Gasteiger partial charge in [-0.05, 0) is 78.4 Å². The monoisotopic (exact) mass is 518 g/mol. The van der Waals surface area contributed by atoms with E-state index in [0.717, 1.165) is 16.7 Å². The minimum absolute atomic E-state index is 0.0592. The normalized spacial score (nSPS) is 11.0. The van der Waals surface area contributed by atoms with Crippen LogP contribution >= 0.6 is 0 Å². The molecule has 0 aliphatic carbocycles. The van der Waals surface area contributed by atoms with Gasteiger partial charge in [0.2, 0.25) is 0 Å². The Bertz CT molecular complexity index is 1370. The number of carboxylic acid groups (broad SMARTS) is 1. The third-order valence-electron chi connectivity index (χ3n) is 6.13. The van der Waals surface area contributed by atoms with Crippen LogP contribution < -0.4 is 10.3 Å². The number of aliphatic carboxylic acids is 1. The molecular formula is C30H28F2N2O4. The first-order chi connectivity index (χ1) is 18.4. The van der Waals surface area contributed by atoms with Crippen LogP contribution in [0, 0.1) is 11.6 Å². The van der Waals surface area contributed by atoms with Gasteiger partial charge in [0.05, 0.1) is 18.2 Å². The van der Waals surface area contributed by atoms with Gasteiger partial charge in [-0.1, -0.05) is 36.4 Å². The lowest BCUT2D eigenvalue weighted by molar-refractivity contribution is -0.137. The highest BCUT2D eigenvalue weighted by molar-refractivity contribution is 5.66. The Hall–Kier alpha value is -4.33. The molecule has 0 aliphatic heterocycles. The first kappa shape index (κ1) is 26.7. The molecule has 0 bridgehead atoms. The van der Waals surface area contributed by atoms with Gasteiger partial charge in [0.1, 0.15) is 17.4 Å². The summed E-state index contributed by atoms with van der Waals surface area (Å²) in [6.07, 6.45) is 1.83. The number of benzene rings is 3. The van der Waals surface area contributed by atoms with E-state index >= 15 is 0 Å². The van der Waals surface area contributed by atoms with Crippen molar-refractivity contribution in [3.63, 3.8) is 0 Å². The van der Waals surface area contributed by atoms with E-state index in [1.165, 1.54) is 35.0 Å². The standard InChI is InChI=1S/C30H28F2N2O4/c31-24-12-8-22(9-13-24)30(23-10-14-25(32)15-11-23)27-16-17-28(35)34(33-27)18-2-5-21-4-1-6-26(20-21)38-19-3-7-29(36)37/h1,4,6,8-17,20,30H,2-3,5,7,18-19H2,(H,36,37). The topological polar surface area (TPSA) is 81.4 Å². The summed E-state index contributed by atoms with van der Waals surface area (Å²) in [6.45, 7) is 0.709. The fraction of sp³-hybridized carbons (Fsp3) is 0.233. The van der Waals surface area contributed by atoms with Crippen LogP contribution in [0.25, 0.3) is 0 Å². The molecular weight excluding hydrogens is 490 g/mol. The molecule has 0 radical (unpaired) electrons. The van der Waals surface area contributed by atoms with Crippen LogP contribution in [0.4, 0.5) is 8.78 Å². The zero-order valence-electron chi connectivity index (χ0n) is 20.7. The van der Waals surface area contributed by atoms with E-state index in [2.05, 4.69) is 5.10 Å². The second-order valence-electron chi connectivity index (χ2n) is 8.95. The minimum atomic E-state index is -0.850. The number of ether oxygens (including phenoxy) is 1. The van der Waals surface area contributed by atoms with Crippen molar-refractivity contribution in [2.75, 3.05) is 6.61 Å². The molecule has 8 heteroatoms. The highest BCUT2D eigenvalue weighted by atomic mass is 19.1. The number of aromatic nitrogens is 2. The second kappa shape index (κ2) is 12.8. The Labute approximate surface area is 219 Å². The molecule has 0 unspecified atom stereocenters. The van der Waals surface area contributed by atoms with E-state index in [1.54, 1.807) is 30.3 Å². The van der Waals surface area contributed by atoms with Crippen molar-refractivity contribution >= 4 is 5.97 Å². The number of halogens is 2. The predicted octanol–water partition coefficient (Wildman–Crippen LogP) is 5.58. The fourth-order valence-electron chi connectivity index (χ4n) is 4.26. The molecule has 3 aromatic carbocycles. The van der Waals surface area contributed by atoms with Gasteiger partial charge in [-0.25, -0.2) is 13.5 Å². The second-order valence-corrected chi connectivity index (χ2v) is 8.95. The summed E-state index contributed by atoms with van der Waals surface area (Å²) in [6, 6.07) is 22.8. The molecule has 4 aromatic rings. The van der Waals surface area contributed by atoms with Gasteiger partial charge in [-0.15, -0.1) is 0 Å². The average Bonchev–Trinajstić information content (AvgIpc) is 2.91. The van der Waals surface area contributed by atoms with Crippen molar-refractivity contribution in [1.29, 1.82) is 0 Å². The molecule has 4 rings (SSSR count). The molecule has 0 fully saturated rings. The summed E-state index contributed by atoms with van der Waals surface area (Å²) in [5, 5.41) is 13.4. The number of hydrogen-bond donors (Lipinski definition) is 1. The highest BCUT2D eigenvalue weighted by Crippen LogP contribution is 2.30. The molecule has 38 heavy (non-hydrogen) atoms. The van der Waals surface area contributed by atoms with Crippen molar-refractivity contribution in [2.45, 2.75) is 38.1 Å². The zero-order valence-corrected chi connectivity index (χ0v) is 20.7. The Morgan fingerprint density at radius 1 is 0.895 bits per heavy atom. The first-order valence-corrected chi connectivity index (χ1v) is 12.4. The summed E-state index contributed by atoms with van der Waals surface area (Å²) in [5.41, 5.74) is 2.94. The summed E-state index contributed by atoms with van der Waals surface area (Å²) in [7, 11) is 0. The molecule has 0 aliphatic rings. The van der Waals surface area contributed by atoms with Gasteiger partial charge >= 0.3 is 5.97 Å². The Balaban J connectivity index is 1.47. The largest absolute Gasteiger partial charge is 0.494 e. The molecule has 1 N–H and O–H groups in total. The molecule has 0 atom stereocenters. The van der Waals surface area contributed by atoms with Gasteiger partial charge in [0.25, 0.3) is 5.56 Å². The van der Waals surface area contributed by atoms with Crippen LogP contribution in [-0.2, 0) is 17.8 Å². The first-order valence-electron chi connectivity index (χ1n) is 12.4. The lowest BCUT2D eigenvalue weighted by Gasteiger charge is -2.19. The number of carboxylic acids is 1. The van der Waals surface area contributed by atoms with E-state index < -0.39 is 11.9 Å². The number of hydrogen-bond acceptors (Lipinski definition) is 4. The van der Waals surface area contributed by atoms with Crippen molar-refractivity contribution in [3.8, 4) is 5.75 Å². The van der Waals surface area contributed by atoms with E-state index in [1.807, 2.05) is 24.3 Å².